The average molecular weight is 358 g/mol. The van der Waals surface area contributed by atoms with Gasteiger partial charge in [0.1, 0.15) is 5.75 Å². The quantitative estimate of drug-likeness (QED) is 0.470. The van der Waals surface area contributed by atoms with Crippen LogP contribution >= 0.6 is 11.3 Å². The zero-order valence-corrected chi connectivity index (χ0v) is 14.8. The Labute approximate surface area is 153 Å². The van der Waals surface area contributed by atoms with Crippen molar-refractivity contribution in [2.75, 3.05) is 7.11 Å². The summed E-state index contributed by atoms with van der Waals surface area (Å²) < 4.78 is 7.12. The molecule has 3 aromatic heterocycles. The van der Waals surface area contributed by atoms with Crippen molar-refractivity contribution < 1.29 is 4.74 Å². The monoisotopic (exact) mass is 358 g/mol. The third kappa shape index (κ3) is 2.27. The highest BCUT2D eigenvalue weighted by atomic mass is 32.1. The topological polar surface area (TPSA) is 52.3 Å². The van der Waals surface area contributed by atoms with E-state index in [2.05, 4.69) is 22.3 Å². The summed E-state index contributed by atoms with van der Waals surface area (Å²) in [5.41, 5.74) is 2.68. The second-order valence-electron chi connectivity index (χ2n) is 5.86. The van der Waals surface area contributed by atoms with Crippen LogP contribution in [0.5, 0.6) is 5.75 Å². The van der Waals surface area contributed by atoms with Crippen LogP contribution in [0.3, 0.4) is 0 Å². The molecule has 0 atom stereocenters. The molecule has 2 aromatic carbocycles. The first-order valence-electron chi connectivity index (χ1n) is 8.17. The van der Waals surface area contributed by atoms with Crippen molar-refractivity contribution >= 4 is 27.8 Å². The predicted molar refractivity (Wildman–Crippen MR) is 104 cm³/mol. The molecular formula is C20H14N4OS. The van der Waals surface area contributed by atoms with Crippen molar-refractivity contribution in [3.63, 3.8) is 0 Å². The molecule has 0 saturated heterocycles. The Hall–Kier alpha value is -3.25. The number of benzene rings is 2. The molecule has 5 rings (SSSR count). The molecule has 0 aliphatic heterocycles. The third-order valence-corrected chi connectivity index (χ3v) is 5.23. The summed E-state index contributed by atoms with van der Waals surface area (Å²) in [6, 6.07) is 20.1. The lowest BCUT2D eigenvalue weighted by Crippen LogP contribution is -1.99. The molecule has 0 fully saturated rings. The highest BCUT2D eigenvalue weighted by Crippen LogP contribution is 2.32. The van der Waals surface area contributed by atoms with Gasteiger partial charge in [0.15, 0.2) is 11.5 Å². The van der Waals surface area contributed by atoms with Crippen molar-refractivity contribution in [3.8, 4) is 27.7 Å². The fraction of sp³-hybridized carbons (Fsp3) is 0.0500. The number of methoxy groups -OCH3 is 1. The van der Waals surface area contributed by atoms with E-state index in [0.29, 0.717) is 0 Å². The van der Waals surface area contributed by atoms with Crippen molar-refractivity contribution in [2.24, 2.45) is 0 Å². The Morgan fingerprint density at radius 2 is 1.69 bits per heavy atom. The smallest absolute Gasteiger partial charge is 0.195 e. The minimum absolute atomic E-state index is 0.760. The van der Waals surface area contributed by atoms with Crippen molar-refractivity contribution in [2.45, 2.75) is 0 Å². The van der Waals surface area contributed by atoms with Crippen LogP contribution in [0.1, 0.15) is 0 Å². The van der Waals surface area contributed by atoms with E-state index < -0.39 is 0 Å². The summed E-state index contributed by atoms with van der Waals surface area (Å²) in [5, 5.41) is 17.8. The fourth-order valence-electron chi connectivity index (χ4n) is 3.10. The molecule has 126 valence electrons. The van der Waals surface area contributed by atoms with E-state index >= 15 is 0 Å². The van der Waals surface area contributed by atoms with Crippen LogP contribution in [-0.4, -0.2) is 26.9 Å². The molecule has 0 radical (unpaired) electrons. The summed E-state index contributed by atoms with van der Waals surface area (Å²) in [6.45, 7) is 0. The molecule has 0 N–H and O–H groups in total. The molecule has 26 heavy (non-hydrogen) atoms. The summed E-state index contributed by atoms with van der Waals surface area (Å²) in [7, 11) is 1.67. The third-order valence-electron chi connectivity index (χ3n) is 4.37. The van der Waals surface area contributed by atoms with E-state index in [-0.39, 0.29) is 0 Å². The van der Waals surface area contributed by atoms with Gasteiger partial charge in [-0.15, -0.1) is 21.5 Å². The Bertz CT molecular complexity index is 1210. The van der Waals surface area contributed by atoms with Crippen molar-refractivity contribution in [1.29, 1.82) is 0 Å². The van der Waals surface area contributed by atoms with Gasteiger partial charge in [-0.1, -0.05) is 30.3 Å². The van der Waals surface area contributed by atoms with Gasteiger partial charge in [0, 0.05) is 16.3 Å². The SMILES string of the molecule is COc1ccc(-c2nn3c(-c4cccs4)nnc3c3ccccc23)cc1. The standard InChI is InChI=1S/C20H14N4OS/c1-25-14-10-8-13(9-11-14)18-15-5-2-3-6-16(15)19-21-22-20(24(19)23-18)17-7-4-12-26-17/h2-12H,1H3. The zero-order chi connectivity index (χ0) is 17.5. The molecule has 0 saturated carbocycles. The van der Waals surface area contributed by atoms with Crippen molar-refractivity contribution in [1.82, 2.24) is 19.8 Å². The molecule has 0 aliphatic rings. The van der Waals surface area contributed by atoms with E-state index in [1.54, 1.807) is 18.4 Å². The van der Waals surface area contributed by atoms with Crippen LogP contribution in [0.4, 0.5) is 0 Å². The highest BCUT2D eigenvalue weighted by molar-refractivity contribution is 7.13. The number of aromatic nitrogens is 4. The van der Waals surface area contributed by atoms with E-state index in [4.69, 9.17) is 9.84 Å². The molecule has 3 heterocycles. The molecule has 0 amide bonds. The van der Waals surface area contributed by atoms with Gasteiger partial charge in [-0.25, -0.2) is 0 Å². The molecule has 5 nitrogen and oxygen atoms in total. The maximum absolute atomic E-state index is 5.27. The Kier molecular flexibility index (Phi) is 3.43. The molecular weight excluding hydrogens is 344 g/mol. The van der Waals surface area contributed by atoms with Gasteiger partial charge < -0.3 is 4.74 Å². The minimum Gasteiger partial charge on any atom is -0.497 e. The van der Waals surface area contributed by atoms with Gasteiger partial charge in [-0.2, -0.15) is 9.61 Å². The number of thiophene rings is 1. The maximum atomic E-state index is 5.27. The van der Waals surface area contributed by atoms with E-state index in [1.807, 2.05) is 58.4 Å². The van der Waals surface area contributed by atoms with Crippen LogP contribution < -0.4 is 4.74 Å². The predicted octanol–water partition coefficient (Wildman–Crippen LogP) is 4.68. The first-order chi connectivity index (χ1) is 12.8. The summed E-state index contributed by atoms with van der Waals surface area (Å²) in [5.74, 6) is 1.58. The Balaban J connectivity index is 1.84. The number of hydrogen-bond donors (Lipinski definition) is 0. The lowest BCUT2D eigenvalue weighted by atomic mass is 10.0. The largest absolute Gasteiger partial charge is 0.497 e. The van der Waals surface area contributed by atoms with Gasteiger partial charge in [0.25, 0.3) is 0 Å². The fourth-order valence-corrected chi connectivity index (χ4v) is 3.80. The van der Waals surface area contributed by atoms with Crippen LogP contribution in [0.25, 0.3) is 38.4 Å². The minimum atomic E-state index is 0.760. The highest BCUT2D eigenvalue weighted by Gasteiger charge is 2.16. The van der Waals surface area contributed by atoms with Crippen LogP contribution in [0.2, 0.25) is 0 Å². The summed E-state index contributed by atoms with van der Waals surface area (Å²) >= 11 is 1.63. The van der Waals surface area contributed by atoms with Gasteiger partial charge in [0.2, 0.25) is 0 Å². The van der Waals surface area contributed by atoms with Crippen molar-refractivity contribution in [3.05, 3.63) is 66.0 Å². The first-order valence-corrected chi connectivity index (χ1v) is 9.05. The summed E-state index contributed by atoms with van der Waals surface area (Å²) in [6.07, 6.45) is 0. The van der Waals surface area contributed by atoms with Crippen LogP contribution in [-0.2, 0) is 0 Å². The first kappa shape index (κ1) is 15.0. The number of ether oxygens (including phenoxy) is 1. The number of fused-ring (bicyclic) bond motifs is 3. The number of rotatable bonds is 3. The molecule has 0 spiro atoms. The molecule has 0 aliphatic carbocycles. The van der Waals surface area contributed by atoms with E-state index in [0.717, 1.165) is 44.1 Å². The second-order valence-corrected chi connectivity index (χ2v) is 6.81. The lowest BCUT2D eigenvalue weighted by Gasteiger charge is -2.09. The average Bonchev–Trinajstić information content (AvgIpc) is 3.37. The van der Waals surface area contributed by atoms with Gasteiger partial charge >= 0.3 is 0 Å². The molecule has 0 unspecified atom stereocenters. The van der Waals surface area contributed by atoms with Gasteiger partial charge in [-0.05, 0) is 35.7 Å². The van der Waals surface area contributed by atoms with Gasteiger partial charge in [-0.3, -0.25) is 0 Å². The maximum Gasteiger partial charge on any atom is 0.195 e. The lowest BCUT2D eigenvalue weighted by molar-refractivity contribution is 0.415. The van der Waals surface area contributed by atoms with E-state index in [1.165, 1.54) is 0 Å². The Morgan fingerprint density at radius 3 is 2.42 bits per heavy atom. The number of nitrogens with zero attached hydrogens (tertiary/aromatic N) is 4. The molecule has 5 aromatic rings. The summed E-state index contributed by atoms with van der Waals surface area (Å²) in [4.78, 5) is 1.04. The molecule has 0 bridgehead atoms. The van der Waals surface area contributed by atoms with E-state index in [9.17, 15) is 0 Å². The zero-order valence-electron chi connectivity index (χ0n) is 14.0. The normalized spacial score (nSPS) is 11.3. The van der Waals surface area contributed by atoms with Crippen LogP contribution in [0, 0.1) is 0 Å². The Morgan fingerprint density at radius 1 is 0.885 bits per heavy atom. The van der Waals surface area contributed by atoms with Gasteiger partial charge in [0.05, 0.1) is 17.7 Å². The number of hydrogen-bond acceptors (Lipinski definition) is 5. The molecule has 6 heteroatoms. The van der Waals surface area contributed by atoms with Crippen LogP contribution in [0.15, 0.2) is 66.0 Å². The second kappa shape index (κ2) is 5.93.